The second-order valence-electron chi connectivity index (χ2n) is 3.87. The molecule has 1 aliphatic rings. The number of hydrogen-bond donors (Lipinski definition) is 1. The van der Waals surface area contributed by atoms with Crippen LogP contribution in [0, 0.1) is 5.92 Å². The summed E-state index contributed by atoms with van der Waals surface area (Å²) in [7, 11) is 1.55. The summed E-state index contributed by atoms with van der Waals surface area (Å²) < 4.78 is 5.07. The zero-order chi connectivity index (χ0) is 12.4. The fourth-order valence-electron chi connectivity index (χ4n) is 1.94. The van der Waals surface area contributed by atoms with E-state index in [0.29, 0.717) is 24.4 Å². The molecule has 0 unspecified atom stereocenters. The van der Waals surface area contributed by atoms with Gasteiger partial charge < -0.3 is 14.7 Å². The molecule has 1 aromatic rings. The number of nitrogens with zero attached hydrogens (tertiary/aromatic N) is 1. The number of methoxy groups -OCH3 is 1. The number of benzene rings is 1. The van der Waals surface area contributed by atoms with Gasteiger partial charge in [-0.3, -0.25) is 9.59 Å². The maximum Gasteiger partial charge on any atom is 0.316 e. The van der Waals surface area contributed by atoms with Crippen LogP contribution in [-0.2, 0) is 9.59 Å². The Bertz CT molecular complexity index is 458. The van der Waals surface area contributed by atoms with E-state index in [1.165, 1.54) is 4.90 Å². The molecule has 0 aromatic heterocycles. The summed E-state index contributed by atoms with van der Waals surface area (Å²) in [4.78, 5) is 24.2. The van der Waals surface area contributed by atoms with Crippen molar-refractivity contribution in [2.75, 3.05) is 18.6 Å². The minimum Gasteiger partial charge on any atom is -0.497 e. The number of carbonyl (C=O) groups is 2. The highest BCUT2D eigenvalue weighted by Crippen LogP contribution is 2.27. The Balaban J connectivity index is 2.24. The van der Waals surface area contributed by atoms with Crippen molar-refractivity contribution in [2.24, 2.45) is 5.92 Å². The van der Waals surface area contributed by atoms with Gasteiger partial charge >= 0.3 is 5.97 Å². The molecule has 17 heavy (non-hydrogen) atoms. The SMILES string of the molecule is COc1cccc(N2CC[C@@H](C(=O)O)C2=O)c1. The Labute approximate surface area is 98.6 Å². The van der Waals surface area contributed by atoms with Crippen molar-refractivity contribution in [3.05, 3.63) is 24.3 Å². The minimum atomic E-state index is -1.06. The predicted molar refractivity (Wildman–Crippen MR) is 61.1 cm³/mol. The molecule has 1 atom stereocenters. The Morgan fingerprint density at radius 3 is 2.88 bits per heavy atom. The van der Waals surface area contributed by atoms with Crippen LogP contribution in [0.5, 0.6) is 5.75 Å². The number of hydrogen-bond acceptors (Lipinski definition) is 3. The van der Waals surface area contributed by atoms with Gasteiger partial charge in [-0.05, 0) is 18.6 Å². The molecule has 0 bridgehead atoms. The lowest BCUT2D eigenvalue weighted by molar-refractivity contribution is -0.144. The molecule has 1 aliphatic heterocycles. The van der Waals surface area contributed by atoms with Crippen molar-refractivity contribution in [2.45, 2.75) is 6.42 Å². The lowest BCUT2D eigenvalue weighted by Gasteiger charge is -2.16. The van der Waals surface area contributed by atoms with Gasteiger partial charge in [-0.2, -0.15) is 0 Å². The maximum absolute atomic E-state index is 11.9. The standard InChI is InChI=1S/C12H13NO4/c1-17-9-4-2-3-8(7-9)13-6-5-10(11(13)14)12(15)16/h2-4,7,10H,5-6H2,1H3,(H,15,16)/t10-/m1/s1. The van der Waals surface area contributed by atoms with Gasteiger partial charge in [0.15, 0.2) is 0 Å². The number of anilines is 1. The maximum atomic E-state index is 11.9. The summed E-state index contributed by atoms with van der Waals surface area (Å²) in [5.74, 6) is -1.68. The Morgan fingerprint density at radius 2 is 2.29 bits per heavy atom. The van der Waals surface area contributed by atoms with Gasteiger partial charge in [0, 0.05) is 18.3 Å². The molecule has 1 aromatic carbocycles. The van der Waals surface area contributed by atoms with Crippen molar-refractivity contribution in [3.8, 4) is 5.75 Å². The van der Waals surface area contributed by atoms with Crippen LogP contribution in [0.4, 0.5) is 5.69 Å². The lowest BCUT2D eigenvalue weighted by Crippen LogP contribution is -2.30. The largest absolute Gasteiger partial charge is 0.497 e. The zero-order valence-electron chi connectivity index (χ0n) is 9.42. The second-order valence-corrected chi connectivity index (χ2v) is 3.87. The molecule has 0 aliphatic carbocycles. The Kier molecular flexibility index (Phi) is 2.99. The first-order chi connectivity index (χ1) is 8.13. The number of carboxylic acids is 1. The predicted octanol–water partition coefficient (Wildman–Crippen LogP) is 1.13. The average Bonchev–Trinajstić information content (AvgIpc) is 2.71. The van der Waals surface area contributed by atoms with Crippen molar-refractivity contribution in [1.29, 1.82) is 0 Å². The third kappa shape index (κ3) is 2.08. The second kappa shape index (κ2) is 4.45. The molecule has 1 amide bonds. The molecule has 1 saturated heterocycles. The number of amides is 1. The van der Waals surface area contributed by atoms with Crippen LogP contribution in [-0.4, -0.2) is 30.6 Å². The Morgan fingerprint density at radius 1 is 1.53 bits per heavy atom. The van der Waals surface area contributed by atoms with Crippen molar-refractivity contribution in [3.63, 3.8) is 0 Å². The van der Waals surface area contributed by atoms with E-state index < -0.39 is 11.9 Å². The van der Waals surface area contributed by atoms with E-state index in [-0.39, 0.29) is 5.91 Å². The number of aliphatic carboxylic acids is 1. The van der Waals surface area contributed by atoms with Crippen LogP contribution in [0.15, 0.2) is 24.3 Å². The number of rotatable bonds is 3. The quantitative estimate of drug-likeness (QED) is 0.797. The minimum absolute atomic E-state index is 0.353. The van der Waals surface area contributed by atoms with Crippen molar-refractivity contribution < 1.29 is 19.4 Å². The fraction of sp³-hybridized carbons (Fsp3) is 0.333. The summed E-state index contributed by atoms with van der Waals surface area (Å²) in [6.45, 7) is 0.433. The topological polar surface area (TPSA) is 66.8 Å². The molecule has 90 valence electrons. The van der Waals surface area contributed by atoms with Crippen LogP contribution in [0.1, 0.15) is 6.42 Å². The average molecular weight is 235 g/mol. The van der Waals surface area contributed by atoms with Gasteiger partial charge in [0.2, 0.25) is 5.91 Å². The van der Waals surface area contributed by atoms with E-state index in [9.17, 15) is 9.59 Å². The molecular weight excluding hydrogens is 222 g/mol. The van der Waals surface area contributed by atoms with E-state index in [4.69, 9.17) is 9.84 Å². The van der Waals surface area contributed by atoms with E-state index >= 15 is 0 Å². The molecule has 2 rings (SSSR count). The first kappa shape index (κ1) is 11.4. The first-order valence-corrected chi connectivity index (χ1v) is 5.31. The monoisotopic (exact) mass is 235 g/mol. The van der Waals surface area contributed by atoms with E-state index in [1.54, 1.807) is 31.4 Å². The Hall–Kier alpha value is -2.04. The van der Waals surface area contributed by atoms with Crippen LogP contribution in [0.3, 0.4) is 0 Å². The highest BCUT2D eigenvalue weighted by molar-refractivity contribution is 6.07. The third-order valence-corrected chi connectivity index (χ3v) is 2.87. The van der Waals surface area contributed by atoms with Gasteiger partial charge in [-0.1, -0.05) is 6.07 Å². The fourth-order valence-corrected chi connectivity index (χ4v) is 1.94. The van der Waals surface area contributed by atoms with Crippen molar-refractivity contribution >= 4 is 17.6 Å². The molecule has 0 radical (unpaired) electrons. The van der Waals surface area contributed by atoms with Gasteiger partial charge in [0.05, 0.1) is 7.11 Å². The highest BCUT2D eigenvalue weighted by atomic mass is 16.5. The molecule has 0 spiro atoms. The molecule has 1 N–H and O–H groups in total. The van der Waals surface area contributed by atoms with Crippen LogP contribution in [0.25, 0.3) is 0 Å². The molecule has 0 saturated carbocycles. The lowest BCUT2D eigenvalue weighted by atomic mass is 10.1. The first-order valence-electron chi connectivity index (χ1n) is 5.31. The van der Waals surface area contributed by atoms with Crippen LogP contribution < -0.4 is 9.64 Å². The van der Waals surface area contributed by atoms with E-state index in [2.05, 4.69) is 0 Å². The van der Waals surface area contributed by atoms with Gasteiger partial charge in [0.1, 0.15) is 11.7 Å². The third-order valence-electron chi connectivity index (χ3n) is 2.87. The molecule has 1 fully saturated rings. The van der Waals surface area contributed by atoms with E-state index in [1.807, 2.05) is 0 Å². The number of carbonyl (C=O) groups excluding carboxylic acids is 1. The summed E-state index contributed by atoms with van der Waals surface area (Å²) in [6, 6.07) is 7.04. The zero-order valence-corrected chi connectivity index (χ0v) is 9.42. The van der Waals surface area contributed by atoms with Gasteiger partial charge in [-0.15, -0.1) is 0 Å². The molecule has 5 nitrogen and oxygen atoms in total. The van der Waals surface area contributed by atoms with E-state index in [0.717, 1.165) is 0 Å². The molecular formula is C12H13NO4. The molecule has 1 heterocycles. The van der Waals surface area contributed by atoms with Gasteiger partial charge in [0.25, 0.3) is 0 Å². The van der Waals surface area contributed by atoms with Crippen LogP contribution >= 0.6 is 0 Å². The smallest absolute Gasteiger partial charge is 0.316 e. The molecule has 5 heteroatoms. The number of ether oxygens (including phenoxy) is 1. The summed E-state index contributed by atoms with van der Waals surface area (Å²) in [5.41, 5.74) is 0.679. The van der Waals surface area contributed by atoms with Crippen molar-refractivity contribution in [1.82, 2.24) is 0 Å². The number of carboxylic acid groups (broad SMARTS) is 1. The van der Waals surface area contributed by atoms with Gasteiger partial charge in [-0.25, -0.2) is 0 Å². The highest BCUT2D eigenvalue weighted by Gasteiger charge is 2.37. The summed E-state index contributed by atoms with van der Waals surface area (Å²) >= 11 is 0. The summed E-state index contributed by atoms with van der Waals surface area (Å²) in [6.07, 6.45) is 0.353. The summed E-state index contributed by atoms with van der Waals surface area (Å²) in [5, 5.41) is 8.88. The van der Waals surface area contributed by atoms with Crippen LogP contribution in [0.2, 0.25) is 0 Å². The normalized spacial score (nSPS) is 19.5.